The molecule has 0 amide bonds. The molecule has 40 valence electrons. The molecule has 0 spiro atoms. The molecule has 0 radical (unpaired) electrons. The van der Waals surface area contributed by atoms with Gasteiger partial charge in [0.2, 0.25) is 0 Å². The zero-order valence-corrected chi connectivity index (χ0v) is 4.52. The molecule has 7 heavy (non-hydrogen) atoms. The maximum atomic E-state index is 6.67. The van der Waals surface area contributed by atoms with Crippen LogP contribution in [0.25, 0.3) is 0 Å². The molecule has 0 aromatic rings. The summed E-state index contributed by atoms with van der Waals surface area (Å²) >= 11 is 0. The minimum Gasteiger partial charge on any atom is -0.362 e. The molecule has 0 fully saturated rings. The van der Waals surface area contributed by atoms with E-state index in [1.165, 1.54) is 6.34 Å². The lowest BCUT2D eigenvalue weighted by Crippen LogP contribution is -2.14. The smallest absolute Gasteiger partial charge is 0.0817 e. The molecule has 2 nitrogen and oxygen atoms in total. The molecule has 0 unspecified atom stereocenters. The molecule has 0 rings (SSSR count). The number of nitrogens with one attached hydrogen (secondary N) is 1. The maximum Gasteiger partial charge on any atom is 0.0817 e. The predicted molar refractivity (Wildman–Crippen MR) is 31.6 cm³/mol. The molecule has 2 heteroatoms. The fourth-order valence-corrected chi connectivity index (χ4v) is 0.256. The average Bonchev–Trinajstić information content (AvgIpc) is 1.68. The molecule has 0 aromatic carbocycles. The Morgan fingerprint density at radius 1 is 1.86 bits per heavy atom. The van der Waals surface area contributed by atoms with Crippen molar-refractivity contribution in [2.45, 2.75) is 0 Å². The number of hydrogen-bond acceptors (Lipinski definition) is 1. The van der Waals surface area contributed by atoms with Crippen LogP contribution in [0.1, 0.15) is 0 Å². The Kier molecular flexibility index (Phi) is 3.02. The Morgan fingerprint density at radius 2 is 2.43 bits per heavy atom. The van der Waals surface area contributed by atoms with Crippen LogP contribution < -0.4 is 0 Å². The molecule has 0 bridgehead atoms. The highest BCUT2D eigenvalue weighted by Gasteiger charge is 1.78. The summed E-state index contributed by atoms with van der Waals surface area (Å²) < 4.78 is 0. The van der Waals surface area contributed by atoms with E-state index < -0.39 is 0 Å². The van der Waals surface area contributed by atoms with Crippen molar-refractivity contribution in [3.8, 4) is 0 Å². The first-order chi connectivity index (χ1) is 3.31. The summed E-state index contributed by atoms with van der Waals surface area (Å²) in [7, 11) is 1.83. The van der Waals surface area contributed by atoms with E-state index in [9.17, 15) is 0 Å². The fourth-order valence-electron chi connectivity index (χ4n) is 0.256. The minimum atomic E-state index is 0.753. The van der Waals surface area contributed by atoms with Gasteiger partial charge >= 0.3 is 0 Å². The van der Waals surface area contributed by atoms with Gasteiger partial charge in [0.1, 0.15) is 0 Å². The third-order valence-electron chi connectivity index (χ3n) is 0.637. The second kappa shape index (κ2) is 3.40. The largest absolute Gasteiger partial charge is 0.362 e. The summed E-state index contributed by atoms with van der Waals surface area (Å²) in [6.45, 7) is 4.26. The Hall–Kier alpha value is -0.790. The van der Waals surface area contributed by atoms with Crippen LogP contribution in [-0.4, -0.2) is 24.8 Å². The van der Waals surface area contributed by atoms with E-state index in [0.717, 1.165) is 6.54 Å². The highest BCUT2D eigenvalue weighted by molar-refractivity contribution is 5.50. The standard InChI is InChI=1S/C5H10N2/c1-3-4-7(2)5-6/h3,5-6H,1,4H2,2H3. The second-order valence-electron chi connectivity index (χ2n) is 1.36. The Morgan fingerprint density at radius 3 is 2.57 bits per heavy atom. The van der Waals surface area contributed by atoms with Crippen molar-refractivity contribution in [2.75, 3.05) is 13.6 Å². The summed E-state index contributed by atoms with van der Waals surface area (Å²) in [4.78, 5) is 1.73. The van der Waals surface area contributed by atoms with E-state index >= 15 is 0 Å². The summed E-state index contributed by atoms with van der Waals surface area (Å²) in [5, 5.41) is 6.67. The summed E-state index contributed by atoms with van der Waals surface area (Å²) in [5.41, 5.74) is 0. The quantitative estimate of drug-likeness (QED) is 0.314. The van der Waals surface area contributed by atoms with Crippen molar-refractivity contribution in [3.05, 3.63) is 12.7 Å². The van der Waals surface area contributed by atoms with Crippen LogP contribution in [0, 0.1) is 5.41 Å². The number of hydrogen-bond donors (Lipinski definition) is 1. The van der Waals surface area contributed by atoms with Gasteiger partial charge in [-0.3, -0.25) is 5.41 Å². The van der Waals surface area contributed by atoms with Crippen LogP contribution in [0.3, 0.4) is 0 Å². The highest BCUT2D eigenvalue weighted by Crippen LogP contribution is 1.71. The van der Waals surface area contributed by atoms with Crippen molar-refractivity contribution in [1.29, 1.82) is 5.41 Å². The topological polar surface area (TPSA) is 27.1 Å². The molecular formula is C5H10N2. The van der Waals surface area contributed by atoms with Gasteiger partial charge in [0, 0.05) is 13.6 Å². The molecule has 0 heterocycles. The Bertz CT molecular complexity index is 68.5. The lowest BCUT2D eigenvalue weighted by molar-refractivity contribution is 0.579. The summed E-state index contributed by atoms with van der Waals surface area (Å²) in [6.07, 6.45) is 3.02. The average molecular weight is 98.1 g/mol. The van der Waals surface area contributed by atoms with Crippen molar-refractivity contribution in [2.24, 2.45) is 0 Å². The predicted octanol–water partition coefficient (Wildman–Crippen LogP) is 0.711. The van der Waals surface area contributed by atoms with Crippen molar-refractivity contribution in [3.63, 3.8) is 0 Å². The third-order valence-corrected chi connectivity index (χ3v) is 0.637. The Labute approximate surface area is 44.0 Å². The molecular weight excluding hydrogens is 88.1 g/mol. The van der Waals surface area contributed by atoms with E-state index in [1.54, 1.807) is 11.0 Å². The van der Waals surface area contributed by atoms with Gasteiger partial charge in [-0.15, -0.1) is 6.58 Å². The molecule has 0 aliphatic heterocycles. The first-order valence-electron chi connectivity index (χ1n) is 2.13. The summed E-state index contributed by atoms with van der Waals surface area (Å²) in [6, 6.07) is 0. The van der Waals surface area contributed by atoms with Crippen molar-refractivity contribution >= 4 is 6.34 Å². The lowest BCUT2D eigenvalue weighted by Gasteiger charge is -2.05. The van der Waals surface area contributed by atoms with Gasteiger partial charge in [0.05, 0.1) is 6.34 Å². The van der Waals surface area contributed by atoms with E-state index in [1.807, 2.05) is 7.05 Å². The van der Waals surface area contributed by atoms with Crippen LogP contribution in [-0.2, 0) is 0 Å². The third kappa shape index (κ3) is 3.03. The molecule has 0 aliphatic carbocycles. The van der Waals surface area contributed by atoms with E-state index in [-0.39, 0.29) is 0 Å². The first-order valence-corrected chi connectivity index (χ1v) is 2.13. The highest BCUT2D eigenvalue weighted by atomic mass is 15.1. The van der Waals surface area contributed by atoms with Crippen LogP contribution in [0.4, 0.5) is 0 Å². The van der Waals surface area contributed by atoms with Gasteiger partial charge in [0.25, 0.3) is 0 Å². The molecule has 0 atom stereocenters. The van der Waals surface area contributed by atoms with Crippen LogP contribution in [0.2, 0.25) is 0 Å². The second-order valence-corrected chi connectivity index (χ2v) is 1.36. The molecule has 1 N–H and O–H groups in total. The van der Waals surface area contributed by atoms with E-state index in [4.69, 9.17) is 5.41 Å². The minimum absolute atomic E-state index is 0.753. The molecule has 0 aromatic heterocycles. The zero-order chi connectivity index (χ0) is 5.70. The molecule has 0 saturated heterocycles. The SMILES string of the molecule is C=CCN(C)C=N. The zero-order valence-electron chi connectivity index (χ0n) is 4.52. The van der Waals surface area contributed by atoms with E-state index in [0.29, 0.717) is 0 Å². The van der Waals surface area contributed by atoms with Crippen LogP contribution in [0.5, 0.6) is 0 Å². The van der Waals surface area contributed by atoms with Crippen LogP contribution in [0.15, 0.2) is 12.7 Å². The Balaban J connectivity index is 3.15. The van der Waals surface area contributed by atoms with Crippen molar-refractivity contribution < 1.29 is 0 Å². The van der Waals surface area contributed by atoms with E-state index in [2.05, 4.69) is 6.58 Å². The molecule has 0 saturated carbocycles. The molecule has 0 aliphatic rings. The summed E-state index contributed by atoms with van der Waals surface area (Å²) in [5.74, 6) is 0. The van der Waals surface area contributed by atoms with Gasteiger partial charge in [-0.25, -0.2) is 0 Å². The van der Waals surface area contributed by atoms with Gasteiger partial charge in [-0.2, -0.15) is 0 Å². The van der Waals surface area contributed by atoms with Crippen molar-refractivity contribution in [1.82, 2.24) is 4.90 Å². The lowest BCUT2D eigenvalue weighted by atomic mass is 10.6. The number of rotatable bonds is 3. The maximum absolute atomic E-state index is 6.67. The van der Waals surface area contributed by atoms with Gasteiger partial charge in [-0.1, -0.05) is 6.08 Å². The first kappa shape index (κ1) is 6.21. The van der Waals surface area contributed by atoms with Crippen LogP contribution >= 0.6 is 0 Å². The fraction of sp³-hybridized carbons (Fsp3) is 0.400. The van der Waals surface area contributed by atoms with Gasteiger partial charge in [-0.05, 0) is 0 Å². The van der Waals surface area contributed by atoms with Gasteiger partial charge in [0.15, 0.2) is 0 Å². The number of nitrogens with zero attached hydrogens (tertiary/aromatic N) is 1. The normalized spacial score (nSPS) is 7.57. The monoisotopic (exact) mass is 98.1 g/mol. The number of likely N-dealkylation sites (N-methyl/N-ethyl adjacent to an activating group) is 1. The van der Waals surface area contributed by atoms with Gasteiger partial charge < -0.3 is 4.90 Å².